The van der Waals surface area contributed by atoms with Crippen molar-refractivity contribution >= 4 is 36.2 Å². The number of esters is 1. The monoisotopic (exact) mass is 546 g/mol. The van der Waals surface area contributed by atoms with Crippen molar-refractivity contribution in [3.63, 3.8) is 0 Å². The summed E-state index contributed by atoms with van der Waals surface area (Å²) < 4.78 is 13.4. The number of ketones is 2. The first-order valence-electron chi connectivity index (χ1n) is 14.4. The molecule has 0 aromatic heterocycles. The zero-order valence-corrected chi connectivity index (χ0v) is 25.2. The van der Waals surface area contributed by atoms with Crippen molar-refractivity contribution < 1.29 is 23.5 Å². The van der Waals surface area contributed by atoms with E-state index in [2.05, 4.69) is 69.3 Å². The molecule has 3 aliphatic carbocycles. The topological polar surface area (TPSA) is 69.7 Å². The molecule has 4 atom stereocenters. The second-order valence-electron chi connectivity index (χ2n) is 13.9. The van der Waals surface area contributed by atoms with E-state index >= 15 is 0 Å². The maximum Gasteiger partial charge on any atom is 0.312 e. The molecule has 39 heavy (non-hydrogen) atoms. The Kier molecular flexibility index (Phi) is 6.83. The van der Waals surface area contributed by atoms with Gasteiger partial charge in [0.2, 0.25) is 0 Å². The number of ether oxygens (including phenoxy) is 1. The molecular weight excluding hydrogens is 504 g/mol. The number of benzene rings is 2. The van der Waals surface area contributed by atoms with Crippen LogP contribution in [0, 0.1) is 16.7 Å². The fraction of sp³-hybridized carbons (Fsp3) is 0.545. The van der Waals surface area contributed by atoms with Gasteiger partial charge in [0.1, 0.15) is 5.78 Å². The van der Waals surface area contributed by atoms with Crippen LogP contribution in [0.15, 0.2) is 60.7 Å². The highest BCUT2D eigenvalue weighted by Crippen LogP contribution is 2.67. The van der Waals surface area contributed by atoms with Gasteiger partial charge in [-0.25, -0.2) is 0 Å². The van der Waals surface area contributed by atoms with Crippen molar-refractivity contribution in [1.29, 1.82) is 0 Å². The third-order valence-corrected chi connectivity index (χ3v) is 14.6. The molecule has 2 aromatic carbocycles. The van der Waals surface area contributed by atoms with Crippen LogP contribution in [0.4, 0.5) is 0 Å². The molecule has 0 radical (unpaired) electrons. The normalized spacial score (nSPS) is 29.2. The Morgan fingerprint density at radius 2 is 1.44 bits per heavy atom. The molecule has 3 fully saturated rings. The molecule has 208 valence electrons. The van der Waals surface area contributed by atoms with E-state index in [1.54, 1.807) is 20.8 Å². The molecule has 0 heterocycles. The lowest BCUT2D eigenvalue weighted by molar-refractivity contribution is -0.248. The van der Waals surface area contributed by atoms with Gasteiger partial charge in [-0.05, 0) is 67.8 Å². The van der Waals surface area contributed by atoms with Gasteiger partial charge in [-0.2, -0.15) is 0 Å². The van der Waals surface area contributed by atoms with E-state index < -0.39 is 30.7 Å². The fourth-order valence-electron chi connectivity index (χ4n) is 7.60. The SMILES string of the molecule is CC(C)(C)C(=O)O[C@]12C[C@@H]3C[C@H](O[Si](c4ccccc4)(c4ccccc4)C(C)(C)C)CC(=O)[C@@]31CCCC2=O. The third-order valence-electron chi connectivity index (χ3n) is 9.47. The van der Waals surface area contributed by atoms with Gasteiger partial charge in [-0.1, -0.05) is 81.4 Å². The second kappa shape index (κ2) is 9.52. The molecule has 0 amide bonds. The van der Waals surface area contributed by atoms with Crippen molar-refractivity contribution in [2.24, 2.45) is 16.7 Å². The molecule has 2 aromatic rings. The Morgan fingerprint density at radius 3 is 1.92 bits per heavy atom. The molecular formula is C33H42O5Si. The van der Waals surface area contributed by atoms with Gasteiger partial charge < -0.3 is 9.16 Å². The highest BCUT2D eigenvalue weighted by atomic mass is 28.4. The van der Waals surface area contributed by atoms with E-state index in [0.29, 0.717) is 32.1 Å². The Labute approximate surface area is 233 Å². The fourth-order valence-corrected chi connectivity index (χ4v) is 12.3. The average Bonchev–Trinajstić information content (AvgIpc) is 2.86. The predicted molar refractivity (Wildman–Crippen MR) is 154 cm³/mol. The van der Waals surface area contributed by atoms with Crippen LogP contribution >= 0.6 is 0 Å². The smallest absolute Gasteiger partial charge is 0.312 e. The van der Waals surface area contributed by atoms with Crippen molar-refractivity contribution in [2.45, 2.75) is 96.8 Å². The average molecular weight is 547 g/mol. The van der Waals surface area contributed by atoms with E-state index in [9.17, 15) is 14.4 Å². The summed E-state index contributed by atoms with van der Waals surface area (Å²) in [5, 5.41) is 2.18. The zero-order valence-electron chi connectivity index (χ0n) is 24.2. The van der Waals surface area contributed by atoms with Crippen molar-refractivity contribution in [3.05, 3.63) is 60.7 Å². The van der Waals surface area contributed by atoms with Crippen LogP contribution in [0.3, 0.4) is 0 Å². The Bertz CT molecular complexity index is 1220. The Balaban J connectivity index is 1.51. The molecule has 1 spiro atoms. The van der Waals surface area contributed by atoms with Crippen molar-refractivity contribution in [3.8, 4) is 0 Å². The lowest BCUT2D eigenvalue weighted by Gasteiger charge is -2.66. The maximum atomic E-state index is 14.2. The van der Waals surface area contributed by atoms with Gasteiger partial charge in [0.15, 0.2) is 11.4 Å². The van der Waals surface area contributed by atoms with Gasteiger partial charge in [0.25, 0.3) is 8.32 Å². The minimum Gasteiger partial charge on any atom is -0.450 e. The van der Waals surface area contributed by atoms with E-state index in [0.717, 1.165) is 0 Å². The van der Waals surface area contributed by atoms with Gasteiger partial charge in [-0.15, -0.1) is 0 Å². The summed E-state index contributed by atoms with van der Waals surface area (Å²) in [5.41, 5.74) is -2.96. The number of rotatable bonds is 5. The lowest BCUT2D eigenvalue weighted by atomic mass is 9.39. The number of Topliss-reactive ketones (excluding diaryl/α,β-unsaturated/α-hetero) is 2. The summed E-state index contributed by atoms with van der Waals surface area (Å²) in [6.45, 7) is 12.1. The predicted octanol–water partition coefficient (Wildman–Crippen LogP) is 5.38. The number of hydrogen-bond acceptors (Lipinski definition) is 5. The van der Waals surface area contributed by atoms with E-state index in [4.69, 9.17) is 9.16 Å². The Hall–Kier alpha value is -2.57. The lowest BCUT2D eigenvalue weighted by Crippen LogP contribution is -2.77. The van der Waals surface area contributed by atoms with E-state index in [-0.39, 0.29) is 35.0 Å². The van der Waals surface area contributed by atoms with Crippen LogP contribution in [-0.4, -0.2) is 37.6 Å². The van der Waals surface area contributed by atoms with Crippen LogP contribution in [-0.2, 0) is 23.5 Å². The van der Waals surface area contributed by atoms with Gasteiger partial charge >= 0.3 is 5.97 Å². The number of carbonyl (C=O) groups is 3. The van der Waals surface area contributed by atoms with Crippen molar-refractivity contribution in [2.75, 3.05) is 0 Å². The molecule has 3 saturated carbocycles. The third kappa shape index (κ3) is 4.17. The summed E-state index contributed by atoms with van der Waals surface area (Å²) in [6, 6.07) is 21.0. The van der Waals surface area contributed by atoms with Gasteiger partial charge in [0, 0.05) is 12.8 Å². The summed E-state index contributed by atoms with van der Waals surface area (Å²) in [5.74, 6) is -0.488. The van der Waals surface area contributed by atoms with Crippen LogP contribution < -0.4 is 10.4 Å². The number of carbonyl (C=O) groups excluding carboxylic acids is 3. The first kappa shape index (κ1) is 28.0. The Morgan fingerprint density at radius 1 is 0.872 bits per heavy atom. The molecule has 5 nitrogen and oxygen atoms in total. The molecule has 0 bridgehead atoms. The minimum atomic E-state index is -2.83. The van der Waals surface area contributed by atoms with Crippen LogP contribution in [0.25, 0.3) is 0 Å². The zero-order chi connectivity index (χ0) is 28.3. The quantitative estimate of drug-likeness (QED) is 0.372. The molecule has 0 unspecified atom stereocenters. The van der Waals surface area contributed by atoms with Crippen LogP contribution in [0.1, 0.15) is 80.1 Å². The van der Waals surface area contributed by atoms with Crippen LogP contribution in [0.2, 0.25) is 5.04 Å². The maximum absolute atomic E-state index is 14.2. The summed E-state index contributed by atoms with van der Waals surface area (Å²) in [7, 11) is -2.83. The largest absolute Gasteiger partial charge is 0.450 e. The first-order valence-corrected chi connectivity index (χ1v) is 16.3. The minimum absolute atomic E-state index is 0.0287. The first-order chi connectivity index (χ1) is 18.3. The standard InChI is InChI=1S/C33H42O5Si/c1-30(2,3)29(36)37-33-22-23-20-24(21-28(35)32(23,33)19-13-18-27(33)34)38-39(31(4,5)6,25-14-9-7-10-15-25)26-16-11-8-12-17-26/h7-12,14-17,23-24H,13,18-22H2,1-6H3/t23-,24-,32+,33-/m0/s1. The molecule has 6 heteroatoms. The molecule has 5 rings (SSSR count). The number of hydrogen-bond donors (Lipinski definition) is 0. The summed E-state index contributed by atoms with van der Waals surface area (Å²) >= 11 is 0. The highest BCUT2D eigenvalue weighted by Gasteiger charge is 2.77. The highest BCUT2D eigenvalue weighted by molar-refractivity contribution is 6.99. The van der Waals surface area contributed by atoms with E-state index in [1.807, 2.05) is 12.1 Å². The van der Waals surface area contributed by atoms with Crippen LogP contribution in [0.5, 0.6) is 0 Å². The molecule has 0 saturated heterocycles. The van der Waals surface area contributed by atoms with Gasteiger partial charge in [0.05, 0.1) is 16.9 Å². The molecule has 0 N–H and O–H groups in total. The van der Waals surface area contributed by atoms with E-state index in [1.165, 1.54) is 10.4 Å². The molecule has 0 aliphatic heterocycles. The van der Waals surface area contributed by atoms with Crippen molar-refractivity contribution in [1.82, 2.24) is 0 Å². The van der Waals surface area contributed by atoms with Gasteiger partial charge in [-0.3, -0.25) is 14.4 Å². The summed E-state index contributed by atoms with van der Waals surface area (Å²) in [6.07, 6.45) is 2.72. The molecule has 3 aliphatic rings. The second-order valence-corrected chi connectivity index (χ2v) is 18.1. The summed E-state index contributed by atoms with van der Waals surface area (Å²) in [4.78, 5) is 40.6.